The fourth-order valence-electron chi connectivity index (χ4n) is 4.45. The third kappa shape index (κ3) is 5.08. The Balaban J connectivity index is 0.000000447. The molecule has 3 N–H and O–H groups in total. The predicted molar refractivity (Wildman–Crippen MR) is 158 cm³/mol. The van der Waals surface area contributed by atoms with Gasteiger partial charge in [0.05, 0.1) is 11.0 Å². The molecule has 0 bridgehead atoms. The summed E-state index contributed by atoms with van der Waals surface area (Å²) in [6.07, 6.45) is 1.25. The molecule has 2 heteroatoms. The topological polar surface area (TPSA) is 41.8 Å². The first-order valence-electron chi connectivity index (χ1n) is 12.7. The van der Waals surface area contributed by atoms with E-state index in [9.17, 15) is 0 Å². The molecule has 0 amide bonds. The molecule has 0 spiro atoms. The molecular weight excluding hydrogens is 424 g/mol. The van der Waals surface area contributed by atoms with Crippen LogP contribution in [0.2, 0.25) is 0 Å². The van der Waals surface area contributed by atoms with Crippen LogP contribution in [0, 0.1) is 6.92 Å². The number of nitrogens with one attached hydrogen (secondary N) is 1. The van der Waals surface area contributed by atoms with Crippen LogP contribution in [-0.2, 0) is 0 Å². The lowest BCUT2D eigenvalue weighted by atomic mass is 9.94. The maximum atomic E-state index is 4.50. The number of rotatable bonds is 1. The summed E-state index contributed by atoms with van der Waals surface area (Å²) in [4.78, 5) is 3.75. The molecule has 0 radical (unpaired) electrons. The number of aromatic nitrogens is 1. The molecule has 0 saturated carbocycles. The summed E-state index contributed by atoms with van der Waals surface area (Å²) in [5.41, 5.74) is 10.8. The Morgan fingerprint density at radius 2 is 1.11 bits per heavy atom. The molecule has 6 aromatic rings. The zero-order valence-corrected chi connectivity index (χ0v) is 21.9. The Morgan fingerprint density at radius 3 is 1.77 bits per heavy atom. The summed E-state index contributed by atoms with van der Waals surface area (Å²) in [7, 11) is 1.50. The van der Waals surface area contributed by atoms with Crippen LogP contribution in [0.5, 0.6) is 0 Å². The van der Waals surface area contributed by atoms with E-state index in [1.54, 1.807) is 0 Å². The van der Waals surface area contributed by atoms with E-state index >= 15 is 0 Å². The molecule has 2 nitrogen and oxygen atoms in total. The fourth-order valence-corrected chi connectivity index (χ4v) is 4.45. The highest BCUT2D eigenvalue weighted by molar-refractivity contribution is 6.24. The molecular formula is C33H38N2. The Bertz CT molecular complexity index is 1520. The number of H-pyrrole nitrogens is 1. The smallest absolute Gasteiger partial charge is 0.0545 e. The van der Waals surface area contributed by atoms with E-state index < -0.39 is 0 Å². The van der Waals surface area contributed by atoms with Crippen LogP contribution in [-0.4, -0.2) is 12.0 Å². The van der Waals surface area contributed by atoms with Gasteiger partial charge in [-0.05, 0) is 41.9 Å². The molecule has 6 rings (SSSR count). The molecule has 180 valence electrons. The van der Waals surface area contributed by atoms with Gasteiger partial charge in [-0.25, -0.2) is 0 Å². The van der Waals surface area contributed by atoms with Crippen molar-refractivity contribution in [1.82, 2.24) is 4.98 Å². The molecule has 1 heterocycles. The van der Waals surface area contributed by atoms with Gasteiger partial charge >= 0.3 is 0 Å². The highest BCUT2D eigenvalue weighted by Gasteiger charge is 2.14. The van der Waals surface area contributed by atoms with Gasteiger partial charge in [0.25, 0.3) is 0 Å². The van der Waals surface area contributed by atoms with Crippen LogP contribution in [0.4, 0.5) is 0 Å². The number of nitrogens with two attached hydrogens (primary N) is 1. The van der Waals surface area contributed by atoms with E-state index in [0.717, 1.165) is 0 Å². The van der Waals surface area contributed by atoms with E-state index in [4.69, 9.17) is 0 Å². The van der Waals surface area contributed by atoms with Gasteiger partial charge in [0.15, 0.2) is 0 Å². The van der Waals surface area contributed by atoms with Crippen LogP contribution in [0.25, 0.3) is 54.5 Å². The van der Waals surface area contributed by atoms with Crippen molar-refractivity contribution in [3.8, 4) is 11.1 Å². The molecule has 1 aromatic heterocycles. The van der Waals surface area contributed by atoms with Crippen molar-refractivity contribution in [2.45, 2.75) is 41.0 Å². The van der Waals surface area contributed by atoms with Gasteiger partial charge < -0.3 is 10.7 Å². The van der Waals surface area contributed by atoms with E-state index in [-0.39, 0.29) is 0 Å². The zero-order chi connectivity index (χ0) is 25.4. The summed E-state index contributed by atoms with van der Waals surface area (Å²) < 4.78 is 0. The Morgan fingerprint density at radius 1 is 0.600 bits per heavy atom. The molecule has 0 aliphatic rings. The van der Waals surface area contributed by atoms with E-state index in [2.05, 4.69) is 122 Å². The molecule has 0 aliphatic heterocycles. The summed E-state index contributed by atoms with van der Waals surface area (Å²) >= 11 is 0. The van der Waals surface area contributed by atoms with Crippen LogP contribution in [0.3, 0.4) is 0 Å². The number of benzene rings is 5. The number of hydrogen-bond acceptors (Lipinski definition) is 1. The average molecular weight is 463 g/mol. The normalized spacial score (nSPS) is 10.3. The third-order valence-corrected chi connectivity index (χ3v) is 5.88. The lowest BCUT2D eigenvalue weighted by Gasteiger charge is -2.09. The van der Waals surface area contributed by atoms with Crippen LogP contribution in [0.15, 0.2) is 91.0 Å². The largest absolute Gasteiger partial charge is 0.353 e. The van der Waals surface area contributed by atoms with E-state index in [0.29, 0.717) is 0 Å². The number of aromatic amines is 1. The van der Waals surface area contributed by atoms with Gasteiger partial charge in [-0.15, -0.1) is 0 Å². The third-order valence-electron chi connectivity index (χ3n) is 5.88. The standard InChI is InChI=1S/C27H19N.C3H8.C2H6.CH5N/c1-17-10-12-19(13-11-17)24-16-25-23-15-14-18-6-2-3-7-20(18)26(23)28-27(25)22-9-5-4-8-21(22)24;1-3-2;2*1-2/h2-16,28H,1H3;3H2,1-2H3;1-2H3;2H2,1H3. The molecule has 35 heavy (non-hydrogen) atoms. The van der Waals surface area contributed by atoms with Crippen molar-refractivity contribution in [3.05, 3.63) is 96.6 Å². The quantitative estimate of drug-likeness (QED) is 0.251. The second-order valence-corrected chi connectivity index (χ2v) is 8.30. The van der Waals surface area contributed by atoms with Crippen LogP contribution in [0.1, 0.15) is 39.7 Å². The van der Waals surface area contributed by atoms with Gasteiger partial charge in [-0.3, -0.25) is 0 Å². The maximum Gasteiger partial charge on any atom is 0.0545 e. The van der Waals surface area contributed by atoms with Crippen LogP contribution >= 0.6 is 0 Å². The minimum Gasteiger partial charge on any atom is -0.353 e. The van der Waals surface area contributed by atoms with Crippen molar-refractivity contribution < 1.29 is 0 Å². The van der Waals surface area contributed by atoms with Crippen molar-refractivity contribution >= 4 is 43.4 Å². The number of hydrogen-bond donors (Lipinski definition) is 2. The summed E-state index contributed by atoms with van der Waals surface area (Å²) in [6.45, 7) is 10.4. The van der Waals surface area contributed by atoms with Crippen molar-refractivity contribution in [2.24, 2.45) is 5.73 Å². The first kappa shape index (κ1) is 26.0. The van der Waals surface area contributed by atoms with E-state index in [1.165, 1.54) is 73.5 Å². The van der Waals surface area contributed by atoms with Gasteiger partial charge in [0.1, 0.15) is 0 Å². The number of aryl methyl sites for hydroxylation is 1. The highest BCUT2D eigenvalue weighted by Crippen LogP contribution is 2.39. The molecule has 5 aromatic carbocycles. The summed E-state index contributed by atoms with van der Waals surface area (Å²) in [6, 6.07) is 33.0. The second-order valence-electron chi connectivity index (χ2n) is 8.30. The molecule has 0 unspecified atom stereocenters. The summed E-state index contributed by atoms with van der Waals surface area (Å²) in [5, 5.41) is 7.68. The second kappa shape index (κ2) is 12.2. The van der Waals surface area contributed by atoms with Crippen molar-refractivity contribution in [1.29, 1.82) is 0 Å². The Kier molecular flexibility index (Phi) is 9.05. The van der Waals surface area contributed by atoms with Crippen LogP contribution < -0.4 is 5.73 Å². The summed E-state index contributed by atoms with van der Waals surface area (Å²) in [5.74, 6) is 0. The fraction of sp³-hybridized carbons (Fsp3) is 0.212. The number of fused-ring (bicyclic) bond motifs is 7. The van der Waals surface area contributed by atoms with Crippen molar-refractivity contribution in [2.75, 3.05) is 7.05 Å². The Labute approximate surface area is 209 Å². The first-order valence-corrected chi connectivity index (χ1v) is 12.7. The SMILES string of the molecule is CC.CCC.CN.Cc1ccc(-c2cc3c4ccc5ccccc5c4[nH]c3c3ccccc23)cc1. The molecule has 0 atom stereocenters. The predicted octanol–water partition coefficient (Wildman–Crippen LogP) is 9.62. The average Bonchev–Trinajstić information content (AvgIpc) is 3.31. The highest BCUT2D eigenvalue weighted by atomic mass is 14.7. The minimum atomic E-state index is 1.22. The van der Waals surface area contributed by atoms with Gasteiger partial charge in [-0.1, -0.05) is 125 Å². The lowest BCUT2D eigenvalue weighted by Crippen LogP contribution is -1.84. The monoisotopic (exact) mass is 462 g/mol. The van der Waals surface area contributed by atoms with E-state index in [1.807, 2.05) is 13.8 Å². The zero-order valence-electron chi connectivity index (χ0n) is 21.9. The Hall–Kier alpha value is -3.62. The first-order chi connectivity index (χ1) is 17.2. The van der Waals surface area contributed by atoms with Gasteiger partial charge in [0, 0.05) is 21.5 Å². The molecule has 0 saturated heterocycles. The lowest BCUT2D eigenvalue weighted by molar-refractivity contribution is 1.09. The minimum absolute atomic E-state index is 1.22. The van der Waals surface area contributed by atoms with Crippen molar-refractivity contribution in [3.63, 3.8) is 0 Å². The molecule has 0 aliphatic carbocycles. The van der Waals surface area contributed by atoms with Gasteiger partial charge in [0.2, 0.25) is 0 Å². The maximum absolute atomic E-state index is 4.50. The van der Waals surface area contributed by atoms with Gasteiger partial charge in [-0.2, -0.15) is 0 Å². The molecule has 0 fully saturated rings.